The summed E-state index contributed by atoms with van der Waals surface area (Å²) in [6.07, 6.45) is 12.8. The van der Waals surface area contributed by atoms with E-state index >= 15 is 0 Å². The Balaban J connectivity index is 1.20. The molecule has 6 aromatic rings. The maximum absolute atomic E-state index is 13.9. The van der Waals surface area contributed by atoms with Gasteiger partial charge in [-0.2, -0.15) is 5.10 Å². The predicted octanol–water partition coefficient (Wildman–Crippen LogP) is 6.65. The summed E-state index contributed by atoms with van der Waals surface area (Å²) < 4.78 is 13.9. The van der Waals surface area contributed by atoms with Crippen LogP contribution in [-0.2, 0) is 6.54 Å². The molecule has 5 aromatic heterocycles. The molecule has 7 nitrogen and oxygen atoms in total. The third kappa shape index (κ3) is 4.68. The highest BCUT2D eigenvalue weighted by Gasteiger charge is 2.17. The van der Waals surface area contributed by atoms with E-state index in [4.69, 9.17) is 0 Å². The topological polar surface area (TPSA) is 95.2 Å². The molecular formula is C31H28FN7. The molecule has 0 atom stereocenters. The molecule has 1 fully saturated rings. The van der Waals surface area contributed by atoms with Crippen molar-refractivity contribution in [2.45, 2.75) is 32.2 Å². The maximum Gasteiger partial charge on any atom is 0.155 e. The molecule has 0 aliphatic heterocycles. The number of hydrogen-bond donors (Lipinski definition) is 3. The number of fused-ring (bicyclic) bond motifs is 2. The van der Waals surface area contributed by atoms with Crippen molar-refractivity contribution in [2.24, 2.45) is 5.92 Å². The van der Waals surface area contributed by atoms with Crippen LogP contribution in [0.5, 0.6) is 0 Å². The van der Waals surface area contributed by atoms with Crippen molar-refractivity contribution in [3.05, 3.63) is 84.7 Å². The molecule has 39 heavy (non-hydrogen) atoms. The fourth-order valence-electron chi connectivity index (χ4n) is 5.69. The van der Waals surface area contributed by atoms with Crippen molar-refractivity contribution in [3.63, 3.8) is 0 Å². The number of aromatic nitrogens is 6. The fraction of sp³-hybridized carbons (Fsp3) is 0.226. The van der Waals surface area contributed by atoms with E-state index in [9.17, 15) is 4.39 Å². The molecule has 0 amide bonds. The highest BCUT2D eigenvalue weighted by Crippen LogP contribution is 2.34. The summed E-state index contributed by atoms with van der Waals surface area (Å²) in [5, 5.41) is 13.1. The Hall–Kier alpha value is -4.43. The van der Waals surface area contributed by atoms with Crippen LogP contribution in [0.2, 0.25) is 0 Å². The van der Waals surface area contributed by atoms with E-state index in [1.165, 1.54) is 37.8 Å². The molecule has 1 saturated carbocycles. The minimum absolute atomic E-state index is 0.290. The Morgan fingerprint density at radius 3 is 2.67 bits per heavy atom. The van der Waals surface area contributed by atoms with Crippen LogP contribution in [0.4, 0.5) is 4.39 Å². The van der Waals surface area contributed by atoms with Crippen molar-refractivity contribution >= 4 is 21.9 Å². The summed E-state index contributed by atoms with van der Waals surface area (Å²) in [6.45, 7) is 1.87. The number of nitrogens with zero attached hydrogens (tertiary/aromatic N) is 4. The van der Waals surface area contributed by atoms with Crippen molar-refractivity contribution in [3.8, 4) is 33.8 Å². The predicted molar refractivity (Wildman–Crippen MR) is 151 cm³/mol. The SMILES string of the molecule is Fc1cccc(-c2nccc3[nH]c(-c4n[nH]c5ncc(-c6cncc(CNCC7CCCC7)c6)cc45)cc23)c1. The lowest BCUT2D eigenvalue weighted by Crippen LogP contribution is -2.20. The summed E-state index contributed by atoms with van der Waals surface area (Å²) in [5.41, 5.74) is 7.82. The summed E-state index contributed by atoms with van der Waals surface area (Å²) in [7, 11) is 0. The molecule has 8 heteroatoms. The van der Waals surface area contributed by atoms with Gasteiger partial charge in [0, 0.05) is 64.3 Å². The zero-order chi connectivity index (χ0) is 26.2. The number of halogens is 1. The summed E-state index contributed by atoms with van der Waals surface area (Å²) >= 11 is 0. The van der Waals surface area contributed by atoms with Crippen molar-refractivity contribution < 1.29 is 4.39 Å². The zero-order valence-electron chi connectivity index (χ0n) is 21.4. The Morgan fingerprint density at radius 1 is 0.872 bits per heavy atom. The molecule has 0 unspecified atom stereocenters. The number of nitrogens with one attached hydrogen (secondary N) is 3. The van der Waals surface area contributed by atoms with Crippen LogP contribution in [0.25, 0.3) is 55.7 Å². The number of H-pyrrole nitrogens is 2. The van der Waals surface area contributed by atoms with E-state index in [0.29, 0.717) is 5.65 Å². The molecule has 0 saturated heterocycles. The van der Waals surface area contributed by atoms with E-state index in [0.717, 1.165) is 74.6 Å². The van der Waals surface area contributed by atoms with Crippen LogP contribution in [-0.4, -0.2) is 36.7 Å². The second-order valence-corrected chi connectivity index (χ2v) is 10.4. The Morgan fingerprint density at radius 2 is 1.77 bits per heavy atom. The van der Waals surface area contributed by atoms with Crippen molar-refractivity contribution in [1.82, 2.24) is 35.5 Å². The lowest BCUT2D eigenvalue weighted by atomic mass is 10.0. The second-order valence-electron chi connectivity index (χ2n) is 10.4. The van der Waals surface area contributed by atoms with Gasteiger partial charge in [-0.25, -0.2) is 9.37 Å². The van der Waals surface area contributed by atoms with Gasteiger partial charge in [-0.1, -0.05) is 25.0 Å². The van der Waals surface area contributed by atoms with E-state index in [2.05, 4.69) is 47.6 Å². The number of benzene rings is 1. The van der Waals surface area contributed by atoms with Crippen LogP contribution >= 0.6 is 0 Å². The van der Waals surface area contributed by atoms with E-state index in [1.54, 1.807) is 12.3 Å². The highest BCUT2D eigenvalue weighted by atomic mass is 19.1. The third-order valence-corrected chi connectivity index (χ3v) is 7.68. The van der Waals surface area contributed by atoms with Crippen LogP contribution in [0.15, 0.2) is 73.3 Å². The number of pyridine rings is 3. The molecule has 0 bridgehead atoms. The number of aromatic amines is 2. The van der Waals surface area contributed by atoms with Gasteiger partial charge in [0.15, 0.2) is 5.65 Å². The Kier molecular flexibility index (Phi) is 6.09. The number of rotatable bonds is 7. The first-order valence-electron chi connectivity index (χ1n) is 13.4. The van der Waals surface area contributed by atoms with E-state index in [-0.39, 0.29) is 5.82 Å². The van der Waals surface area contributed by atoms with Crippen molar-refractivity contribution in [1.29, 1.82) is 0 Å². The smallest absolute Gasteiger partial charge is 0.155 e. The molecule has 0 spiro atoms. The molecule has 5 heterocycles. The first-order valence-corrected chi connectivity index (χ1v) is 13.4. The molecule has 7 rings (SSSR count). The molecule has 194 valence electrons. The van der Waals surface area contributed by atoms with Gasteiger partial charge in [0.25, 0.3) is 0 Å². The van der Waals surface area contributed by atoms with Gasteiger partial charge in [0.1, 0.15) is 11.5 Å². The maximum atomic E-state index is 13.9. The number of hydrogen-bond acceptors (Lipinski definition) is 5. The first kappa shape index (κ1) is 23.7. The van der Waals surface area contributed by atoms with Crippen LogP contribution < -0.4 is 5.32 Å². The highest BCUT2D eigenvalue weighted by molar-refractivity contribution is 5.99. The average Bonchev–Trinajstić information content (AvgIpc) is 3.72. The quantitative estimate of drug-likeness (QED) is 0.220. The average molecular weight is 518 g/mol. The standard InChI is InChI=1S/C31H28FN7/c32-24-7-3-6-21(11-24)29-25-13-28(37-27(25)8-9-35-29)30-26-12-23(18-36-31(26)39-38-30)22-10-20(16-34-17-22)15-33-14-19-4-1-2-5-19/h3,6-13,16-19,33,37H,1-2,4-5,14-15H2,(H,36,38,39). The fourth-order valence-corrected chi connectivity index (χ4v) is 5.69. The lowest BCUT2D eigenvalue weighted by molar-refractivity contribution is 0.489. The van der Waals surface area contributed by atoms with Gasteiger partial charge < -0.3 is 10.3 Å². The summed E-state index contributed by atoms with van der Waals surface area (Å²) in [5.74, 6) is 0.514. The van der Waals surface area contributed by atoms with E-state index < -0.39 is 0 Å². The molecule has 1 aromatic carbocycles. The van der Waals surface area contributed by atoms with Gasteiger partial charge >= 0.3 is 0 Å². The van der Waals surface area contributed by atoms with Crippen molar-refractivity contribution in [2.75, 3.05) is 6.54 Å². The Labute approximate surface area is 224 Å². The molecule has 1 aliphatic rings. The summed E-state index contributed by atoms with van der Waals surface area (Å²) in [6, 6.07) is 14.7. The van der Waals surface area contributed by atoms with Gasteiger partial charge in [0.2, 0.25) is 0 Å². The minimum Gasteiger partial charge on any atom is -0.353 e. The normalized spacial score (nSPS) is 14.1. The molecule has 0 radical (unpaired) electrons. The van der Waals surface area contributed by atoms with Gasteiger partial charge in [-0.15, -0.1) is 0 Å². The largest absolute Gasteiger partial charge is 0.353 e. The van der Waals surface area contributed by atoms with Crippen LogP contribution in [0, 0.1) is 11.7 Å². The van der Waals surface area contributed by atoms with Gasteiger partial charge in [-0.3, -0.25) is 15.1 Å². The minimum atomic E-state index is -0.290. The van der Waals surface area contributed by atoms with Gasteiger partial charge in [-0.05, 0) is 67.3 Å². The third-order valence-electron chi connectivity index (χ3n) is 7.68. The van der Waals surface area contributed by atoms with E-state index in [1.807, 2.05) is 36.8 Å². The lowest BCUT2D eigenvalue weighted by Gasteiger charge is -2.11. The van der Waals surface area contributed by atoms with Gasteiger partial charge in [0.05, 0.1) is 11.4 Å². The van der Waals surface area contributed by atoms with Crippen LogP contribution in [0.1, 0.15) is 31.2 Å². The first-order chi connectivity index (χ1) is 19.2. The second kappa shape index (κ2) is 10.0. The Bertz CT molecular complexity index is 1780. The molecular weight excluding hydrogens is 489 g/mol. The molecule has 3 N–H and O–H groups in total. The monoisotopic (exact) mass is 517 g/mol. The summed E-state index contributed by atoms with van der Waals surface area (Å²) in [4.78, 5) is 17.2. The van der Waals surface area contributed by atoms with Crippen LogP contribution in [0.3, 0.4) is 0 Å². The molecule has 1 aliphatic carbocycles. The zero-order valence-corrected chi connectivity index (χ0v) is 21.4.